The molecule has 0 spiro atoms. The molecule has 2 aliphatic rings. The summed E-state index contributed by atoms with van der Waals surface area (Å²) >= 11 is 0. The second-order valence-electron chi connectivity index (χ2n) is 9.26. The van der Waals surface area contributed by atoms with Crippen molar-refractivity contribution in [2.75, 3.05) is 0 Å². The maximum atomic E-state index is 2.43. The molecule has 0 radical (unpaired) electrons. The molecule has 0 unspecified atom stereocenters. The zero-order valence-corrected chi connectivity index (χ0v) is 18.8. The largest absolute Gasteiger partial charge is 0.343 e. The van der Waals surface area contributed by atoms with Gasteiger partial charge in [0.15, 0.2) is 0 Å². The molecule has 1 nitrogen and oxygen atoms in total. The normalized spacial score (nSPS) is 15.3. The molecule has 1 heterocycles. The van der Waals surface area contributed by atoms with E-state index in [-0.39, 0.29) is 5.41 Å². The van der Waals surface area contributed by atoms with E-state index in [4.69, 9.17) is 0 Å². The van der Waals surface area contributed by atoms with Crippen LogP contribution in [0, 0.1) is 0 Å². The van der Waals surface area contributed by atoms with Crippen LogP contribution in [0.3, 0.4) is 0 Å². The summed E-state index contributed by atoms with van der Waals surface area (Å²) in [4.78, 5) is 0. The average molecular weight is 424 g/mol. The third-order valence-corrected chi connectivity index (χ3v) is 7.71. The van der Waals surface area contributed by atoms with Crippen LogP contribution in [-0.2, 0) is 12.5 Å². The summed E-state index contributed by atoms with van der Waals surface area (Å²) in [6, 6.07) is 35.9. The Morgan fingerprint density at radius 2 is 1.27 bits per heavy atom. The number of hydrogen-bond donors (Lipinski definition) is 0. The Kier molecular flexibility index (Phi) is 3.87. The highest BCUT2D eigenvalue weighted by Gasteiger charge is 2.46. The first-order valence-electron chi connectivity index (χ1n) is 11.8. The third-order valence-electron chi connectivity index (χ3n) is 7.71. The molecule has 5 aromatic rings. The van der Waals surface area contributed by atoms with Crippen molar-refractivity contribution < 1.29 is 0 Å². The number of benzene rings is 4. The van der Waals surface area contributed by atoms with Gasteiger partial charge in [-0.3, -0.25) is 0 Å². The number of nitrogens with zero attached hydrogens (tertiary/aromatic N) is 1. The molecule has 7 rings (SSSR count). The van der Waals surface area contributed by atoms with E-state index in [0.29, 0.717) is 0 Å². The van der Waals surface area contributed by atoms with Gasteiger partial charge in [-0.2, -0.15) is 0 Å². The van der Waals surface area contributed by atoms with Gasteiger partial charge in [-0.15, -0.1) is 0 Å². The Balaban J connectivity index is 1.73. The van der Waals surface area contributed by atoms with Crippen LogP contribution in [0.15, 0.2) is 97.1 Å². The van der Waals surface area contributed by atoms with Crippen LogP contribution in [0.1, 0.15) is 35.1 Å². The van der Waals surface area contributed by atoms with Gasteiger partial charge in [0.25, 0.3) is 0 Å². The van der Waals surface area contributed by atoms with Gasteiger partial charge in [-0.25, -0.2) is 0 Å². The molecule has 0 fully saturated rings. The predicted octanol–water partition coefficient (Wildman–Crippen LogP) is 5.90. The first-order chi connectivity index (χ1) is 16.3. The van der Waals surface area contributed by atoms with Gasteiger partial charge in [0.05, 0.1) is 10.9 Å². The number of hydrogen-bond acceptors (Lipinski definition) is 0. The van der Waals surface area contributed by atoms with E-state index >= 15 is 0 Å². The summed E-state index contributed by atoms with van der Waals surface area (Å²) in [6.07, 6.45) is 7.07. The minimum Gasteiger partial charge on any atom is -0.343 e. The van der Waals surface area contributed by atoms with Crippen LogP contribution in [0.5, 0.6) is 0 Å². The Labute approximate surface area is 194 Å². The van der Waals surface area contributed by atoms with Crippen molar-refractivity contribution in [1.82, 2.24) is 4.57 Å². The smallest absolute Gasteiger partial charge is 0.0714 e. The molecule has 0 N–H and O–H groups in total. The Bertz CT molecular complexity index is 1610. The van der Waals surface area contributed by atoms with E-state index < -0.39 is 0 Å². The minimum atomic E-state index is -0.332. The number of fused-ring (bicyclic) bond motifs is 7. The standard InChI is InChI=1S/C32H25N/c1-33-29-19-11-9-16-24(29)25-20-21-28-30(31(25)33)26-17-8-10-18-27(26)32(28,22-12-4-2-5-13-22)23-14-6-3-7-15-23/h2-8,10,12-21H,9,11H2,1H3. The second kappa shape index (κ2) is 6.83. The lowest BCUT2D eigenvalue weighted by Crippen LogP contribution is -2.29. The molecule has 1 aromatic heterocycles. The lowest BCUT2D eigenvalue weighted by Gasteiger charge is -2.33. The lowest BCUT2D eigenvalue weighted by atomic mass is 9.67. The summed E-state index contributed by atoms with van der Waals surface area (Å²) < 4.78 is 2.43. The molecule has 0 amide bonds. The highest BCUT2D eigenvalue weighted by atomic mass is 14.9. The molecule has 1 heteroatoms. The highest BCUT2D eigenvalue weighted by Crippen LogP contribution is 2.57. The fourth-order valence-electron chi connectivity index (χ4n) is 6.43. The topological polar surface area (TPSA) is 4.93 Å². The summed E-state index contributed by atoms with van der Waals surface area (Å²) in [7, 11) is 2.24. The number of aryl methyl sites for hydroxylation is 1. The zero-order valence-electron chi connectivity index (χ0n) is 18.8. The fraction of sp³-hybridized carbons (Fsp3) is 0.125. The first-order valence-corrected chi connectivity index (χ1v) is 11.8. The van der Waals surface area contributed by atoms with E-state index in [1.54, 1.807) is 0 Å². The first kappa shape index (κ1) is 18.7. The molecule has 0 saturated heterocycles. The molecule has 0 aliphatic heterocycles. The van der Waals surface area contributed by atoms with Crippen LogP contribution in [0.25, 0.3) is 34.2 Å². The van der Waals surface area contributed by atoms with Crippen LogP contribution in [0.4, 0.5) is 0 Å². The maximum absolute atomic E-state index is 2.43. The Hall–Kier alpha value is -3.84. The van der Waals surface area contributed by atoms with Crippen molar-refractivity contribution in [3.8, 4) is 11.1 Å². The van der Waals surface area contributed by atoms with Gasteiger partial charge in [0.1, 0.15) is 0 Å². The van der Waals surface area contributed by atoms with Crippen molar-refractivity contribution in [1.29, 1.82) is 0 Å². The van der Waals surface area contributed by atoms with Crippen LogP contribution in [-0.4, -0.2) is 4.57 Å². The van der Waals surface area contributed by atoms with Crippen LogP contribution < -0.4 is 10.6 Å². The summed E-state index contributed by atoms with van der Waals surface area (Å²) in [5.41, 5.74) is 9.15. The zero-order chi connectivity index (χ0) is 22.0. The maximum Gasteiger partial charge on any atom is 0.0714 e. The van der Waals surface area contributed by atoms with Crippen molar-refractivity contribution in [2.45, 2.75) is 18.3 Å². The second-order valence-corrected chi connectivity index (χ2v) is 9.26. The SMILES string of the molecule is Cn1c2c(c3ccc4c(c31)-c1ccccc1C4(c1ccccc1)c1ccccc1)=CCCC=2. The quantitative estimate of drug-likeness (QED) is 0.327. The molecule has 158 valence electrons. The fourth-order valence-corrected chi connectivity index (χ4v) is 6.43. The molecular weight excluding hydrogens is 398 g/mol. The van der Waals surface area contributed by atoms with Crippen LogP contribution in [0.2, 0.25) is 0 Å². The van der Waals surface area contributed by atoms with E-state index in [9.17, 15) is 0 Å². The summed E-state index contributed by atoms with van der Waals surface area (Å²) in [5, 5.41) is 4.13. The molecule has 0 bridgehead atoms. The molecule has 0 saturated carbocycles. The van der Waals surface area contributed by atoms with Gasteiger partial charge in [0, 0.05) is 28.6 Å². The molecule has 33 heavy (non-hydrogen) atoms. The number of aromatic nitrogens is 1. The van der Waals surface area contributed by atoms with Crippen molar-refractivity contribution in [3.63, 3.8) is 0 Å². The van der Waals surface area contributed by atoms with E-state index in [2.05, 4.69) is 121 Å². The van der Waals surface area contributed by atoms with Crippen molar-refractivity contribution >= 4 is 23.1 Å². The van der Waals surface area contributed by atoms with Crippen molar-refractivity contribution in [2.24, 2.45) is 7.05 Å². The van der Waals surface area contributed by atoms with Gasteiger partial charge in [-0.05, 0) is 40.7 Å². The molecule has 2 aliphatic carbocycles. The monoisotopic (exact) mass is 423 g/mol. The lowest BCUT2D eigenvalue weighted by molar-refractivity contribution is 0.768. The van der Waals surface area contributed by atoms with E-state index in [0.717, 1.165) is 12.8 Å². The molecule has 4 aromatic carbocycles. The third kappa shape index (κ3) is 2.32. The van der Waals surface area contributed by atoms with Gasteiger partial charge < -0.3 is 4.57 Å². The predicted molar refractivity (Wildman–Crippen MR) is 138 cm³/mol. The van der Waals surface area contributed by atoms with E-state index in [1.165, 1.54) is 54.9 Å². The van der Waals surface area contributed by atoms with Crippen LogP contribution >= 0.6 is 0 Å². The minimum absolute atomic E-state index is 0.332. The van der Waals surface area contributed by atoms with Gasteiger partial charge >= 0.3 is 0 Å². The summed E-state index contributed by atoms with van der Waals surface area (Å²) in [5.74, 6) is 0. The van der Waals surface area contributed by atoms with E-state index in [1.807, 2.05) is 0 Å². The van der Waals surface area contributed by atoms with Crippen molar-refractivity contribution in [3.05, 3.63) is 130 Å². The molecular formula is C32H25N. The number of rotatable bonds is 2. The Morgan fingerprint density at radius 1 is 0.636 bits per heavy atom. The highest BCUT2D eigenvalue weighted by molar-refractivity contribution is 6.03. The average Bonchev–Trinajstić information content (AvgIpc) is 3.35. The summed E-state index contributed by atoms with van der Waals surface area (Å²) in [6.45, 7) is 0. The van der Waals surface area contributed by atoms with Gasteiger partial charge in [-0.1, -0.05) is 109 Å². The Morgan fingerprint density at radius 3 is 2.00 bits per heavy atom. The molecule has 0 atom stereocenters. The van der Waals surface area contributed by atoms with Gasteiger partial charge in [0.2, 0.25) is 0 Å².